The lowest BCUT2D eigenvalue weighted by molar-refractivity contribution is -0.134. The average molecular weight is 364 g/mol. The summed E-state index contributed by atoms with van der Waals surface area (Å²) < 4.78 is 5.74. The molecule has 0 radical (unpaired) electrons. The van der Waals surface area contributed by atoms with Gasteiger partial charge < -0.3 is 15.0 Å². The summed E-state index contributed by atoms with van der Waals surface area (Å²) in [5.41, 5.74) is 4.74. The zero-order valence-electron chi connectivity index (χ0n) is 15.4. The number of hydrogen-bond acceptors (Lipinski definition) is 5. The van der Waals surface area contributed by atoms with E-state index >= 15 is 0 Å². The van der Waals surface area contributed by atoms with Crippen LogP contribution in [0.1, 0.15) is 34.9 Å². The molecule has 2 aliphatic heterocycles. The molecule has 140 valence electrons. The zero-order valence-corrected chi connectivity index (χ0v) is 15.4. The van der Waals surface area contributed by atoms with Crippen LogP contribution < -0.4 is 10.2 Å². The highest BCUT2D eigenvalue weighted by Gasteiger charge is 2.31. The van der Waals surface area contributed by atoms with Crippen molar-refractivity contribution >= 4 is 11.7 Å². The maximum absolute atomic E-state index is 12.6. The van der Waals surface area contributed by atoms with E-state index in [1.54, 1.807) is 0 Å². The predicted molar refractivity (Wildman–Crippen MR) is 102 cm³/mol. The molecule has 3 heterocycles. The molecular weight excluding hydrogens is 340 g/mol. The number of aryl methyl sites for hydroxylation is 2. The predicted octanol–water partition coefficient (Wildman–Crippen LogP) is 1.83. The minimum atomic E-state index is -0.478. The standard InChI is InChI=1S/C21H24N4O2/c26-21(20-17-6-2-1-4-15(17)8-9-27-20)22-11-14-12-25(13-14)19-10-16-5-3-7-18(16)23-24-19/h1-2,4,6,10,14,20H,3,5,7-9,11-13H2,(H,22,26). The lowest BCUT2D eigenvalue weighted by Crippen LogP contribution is -2.52. The Morgan fingerprint density at radius 3 is 2.96 bits per heavy atom. The van der Waals surface area contributed by atoms with Gasteiger partial charge in [0.25, 0.3) is 5.91 Å². The van der Waals surface area contributed by atoms with E-state index in [1.807, 2.05) is 18.2 Å². The first kappa shape index (κ1) is 16.7. The van der Waals surface area contributed by atoms with E-state index < -0.39 is 6.10 Å². The molecule has 1 aliphatic carbocycles. The van der Waals surface area contributed by atoms with Crippen molar-refractivity contribution in [1.29, 1.82) is 0 Å². The van der Waals surface area contributed by atoms with Crippen molar-refractivity contribution in [1.82, 2.24) is 15.5 Å². The van der Waals surface area contributed by atoms with Crippen LogP contribution in [0.2, 0.25) is 0 Å². The Kier molecular flexibility index (Phi) is 4.28. The molecule has 3 aliphatic rings. The lowest BCUT2D eigenvalue weighted by Gasteiger charge is -2.40. The molecule has 1 aromatic carbocycles. The molecule has 1 fully saturated rings. The third kappa shape index (κ3) is 3.18. The molecule has 27 heavy (non-hydrogen) atoms. The molecule has 1 saturated heterocycles. The van der Waals surface area contributed by atoms with Crippen molar-refractivity contribution in [2.75, 3.05) is 31.1 Å². The van der Waals surface area contributed by atoms with E-state index in [9.17, 15) is 4.79 Å². The molecule has 6 nitrogen and oxygen atoms in total. The number of amides is 1. The second kappa shape index (κ2) is 6.93. The number of ether oxygens (including phenoxy) is 1. The van der Waals surface area contributed by atoms with Crippen LogP contribution in [0, 0.1) is 5.92 Å². The van der Waals surface area contributed by atoms with Crippen LogP contribution in [0.25, 0.3) is 0 Å². The first-order valence-corrected chi connectivity index (χ1v) is 9.85. The summed E-state index contributed by atoms with van der Waals surface area (Å²) in [6.07, 6.45) is 3.76. The number of anilines is 1. The molecule has 2 aromatic rings. The number of hydrogen-bond donors (Lipinski definition) is 1. The number of fused-ring (bicyclic) bond motifs is 2. The van der Waals surface area contributed by atoms with Crippen LogP contribution in [-0.4, -0.2) is 42.3 Å². The van der Waals surface area contributed by atoms with Gasteiger partial charge in [-0.3, -0.25) is 4.79 Å². The number of aromatic nitrogens is 2. The largest absolute Gasteiger partial charge is 0.363 e. The molecule has 0 bridgehead atoms. The zero-order chi connectivity index (χ0) is 18.2. The van der Waals surface area contributed by atoms with Crippen LogP contribution in [-0.2, 0) is 28.8 Å². The fourth-order valence-electron chi connectivity index (χ4n) is 4.31. The van der Waals surface area contributed by atoms with E-state index in [0.29, 0.717) is 19.1 Å². The summed E-state index contributed by atoms with van der Waals surface area (Å²) in [6, 6.07) is 10.3. The molecule has 0 spiro atoms. The Bertz CT molecular complexity index is 863. The quantitative estimate of drug-likeness (QED) is 0.897. The van der Waals surface area contributed by atoms with Crippen molar-refractivity contribution in [3.63, 3.8) is 0 Å². The van der Waals surface area contributed by atoms with Crippen LogP contribution in [0.4, 0.5) is 5.82 Å². The van der Waals surface area contributed by atoms with Crippen molar-refractivity contribution < 1.29 is 9.53 Å². The Balaban J connectivity index is 1.14. The lowest BCUT2D eigenvalue weighted by atomic mass is 9.96. The average Bonchev–Trinajstić information content (AvgIpc) is 3.14. The molecule has 0 saturated carbocycles. The summed E-state index contributed by atoms with van der Waals surface area (Å²) in [5, 5.41) is 11.8. The molecule has 1 N–H and O–H groups in total. The highest BCUT2D eigenvalue weighted by molar-refractivity contribution is 5.82. The molecule has 1 amide bonds. The normalized spacial score (nSPS) is 21.3. The van der Waals surface area contributed by atoms with Crippen molar-refractivity contribution in [3.05, 3.63) is 52.7 Å². The summed E-state index contributed by atoms with van der Waals surface area (Å²) in [7, 11) is 0. The number of benzene rings is 1. The topological polar surface area (TPSA) is 67.4 Å². The number of nitrogens with one attached hydrogen (secondary N) is 1. The van der Waals surface area contributed by atoms with Gasteiger partial charge in [0.15, 0.2) is 11.9 Å². The molecular formula is C21H24N4O2. The molecule has 5 rings (SSSR count). The van der Waals surface area contributed by atoms with Crippen LogP contribution in [0.5, 0.6) is 0 Å². The van der Waals surface area contributed by atoms with E-state index in [-0.39, 0.29) is 5.91 Å². The Hall–Kier alpha value is -2.47. The first-order chi connectivity index (χ1) is 13.3. The Morgan fingerprint density at radius 1 is 1.15 bits per heavy atom. The van der Waals surface area contributed by atoms with E-state index in [1.165, 1.54) is 17.5 Å². The van der Waals surface area contributed by atoms with Gasteiger partial charge in [-0.1, -0.05) is 24.3 Å². The number of nitrogens with zero attached hydrogens (tertiary/aromatic N) is 3. The van der Waals surface area contributed by atoms with E-state index in [2.05, 4.69) is 32.5 Å². The fourth-order valence-corrected chi connectivity index (χ4v) is 4.31. The summed E-state index contributed by atoms with van der Waals surface area (Å²) in [6.45, 7) is 3.10. The van der Waals surface area contributed by atoms with Crippen molar-refractivity contribution in [2.45, 2.75) is 31.8 Å². The van der Waals surface area contributed by atoms with Crippen LogP contribution in [0.15, 0.2) is 30.3 Å². The smallest absolute Gasteiger partial charge is 0.253 e. The number of carbonyl (C=O) groups is 1. The highest BCUT2D eigenvalue weighted by Crippen LogP contribution is 2.28. The number of rotatable bonds is 4. The molecule has 1 atom stereocenters. The molecule has 6 heteroatoms. The van der Waals surface area contributed by atoms with Crippen LogP contribution in [0.3, 0.4) is 0 Å². The third-order valence-electron chi connectivity index (χ3n) is 5.88. The fraction of sp³-hybridized carbons (Fsp3) is 0.476. The maximum Gasteiger partial charge on any atom is 0.253 e. The van der Waals surface area contributed by atoms with Gasteiger partial charge in [-0.2, -0.15) is 5.10 Å². The summed E-state index contributed by atoms with van der Waals surface area (Å²) in [4.78, 5) is 14.9. The Morgan fingerprint density at radius 2 is 2.04 bits per heavy atom. The van der Waals surface area contributed by atoms with Crippen molar-refractivity contribution in [2.24, 2.45) is 5.92 Å². The van der Waals surface area contributed by atoms with Gasteiger partial charge in [-0.15, -0.1) is 5.10 Å². The van der Waals surface area contributed by atoms with Gasteiger partial charge >= 0.3 is 0 Å². The van der Waals surface area contributed by atoms with Gasteiger partial charge in [0.05, 0.1) is 12.3 Å². The molecule has 1 unspecified atom stereocenters. The van der Waals surface area contributed by atoms with E-state index in [0.717, 1.165) is 49.4 Å². The van der Waals surface area contributed by atoms with Gasteiger partial charge in [0, 0.05) is 25.6 Å². The Labute approximate surface area is 158 Å². The minimum Gasteiger partial charge on any atom is -0.363 e. The van der Waals surface area contributed by atoms with Crippen LogP contribution >= 0.6 is 0 Å². The maximum atomic E-state index is 12.6. The van der Waals surface area contributed by atoms with Gasteiger partial charge in [0.1, 0.15) is 0 Å². The monoisotopic (exact) mass is 364 g/mol. The minimum absolute atomic E-state index is 0.0297. The second-order valence-electron chi connectivity index (χ2n) is 7.74. The van der Waals surface area contributed by atoms with Gasteiger partial charge in [0.2, 0.25) is 0 Å². The SMILES string of the molecule is O=C(NCC1CN(c2cc3c(nn2)CCC3)C1)C1OCCc2ccccc21. The van der Waals surface area contributed by atoms with Gasteiger partial charge in [-0.25, -0.2) is 0 Å². The second-order valence-corrected chi connectivity index (χ2v) is 7.74. The van der Waals surface area contributed by atoms with E-state index in [4.69, 9.17) is 4.74 Å². The first-order valence-electron chi connectivity index (χ1n) is 9.85. The summed E-state index contributed by atoms with van der Waals surface area (Å²) in [5.74, 6) is 1.39. The molecule has 1 aromatic heterocycles. The van der Waals surface area contributed by atoms with Crippen molar-refractivity contribution in [3.8, 4) is 0 Å². The summed E-state index contributed by atoms with van der Waals surface area (Å²) >= 11 is 0. The number of carbonyl (C=O) groups excluding carboxylic acids is 1. The van der Waals surface area contributed by atoms with Gasteiger partial charge in [-0.05, 0) is 48.4 Å². The highest BCUT2D eigenvalue weighted by atomic mass is 16.5. The third-order valence-corrected chi connectivity index (χ3v) is 5.88.